The van der Waals surface area contributed by atoms with Crippen LogP contribution in [0.15, 0.2) is 24.3 Å². The lowest BCUT2D eigenvalue weighted by Crippen LogP contribution is -2.74. The van der Waals surface area contributed by atoms with Crippen molar-refractivity contribution in [1.29, 1.82) is 0 Å². The van der Waals surface area contributed by atoms with E-state index in [2.05, 4.69) is 17.6 Å². The first-order valence-corrected chi connectivity index (χ1v) is 7.88. The summed E-state index contributed by atoms with van der Waals surface area (Å²) in [6, 6.07) is 8.44. The number of nitrogens with two attached hydrogens (primary N) is 1. The minimum Gasteiger partial charge on any atom is -0.465 e. The molecule has 4 nitrogen and oxygen atoms in total. The standard InChI is InChI=1S/C18H22N2O2/c1-11-15(16(21)22-3)13-6-4-5-7-14(13)20(11)12(2)17-8-18(19,9-17)10-17/h4-7,12H,8-10,19H2,1-3H3/t12-,17?,18?/m1/s1. The highest BCUT2D eigenvalue weighted by Crippen LogP contribution is 2.70. The zero-order valence-corrected chi connectivity index (χ0v) is 13.3. The van der Waals surface area contributed by atoms with Crippen LogP contribution in [-0.2, 0) is 4.74 Å². The van der Waals surface area contributed by atoms with E-state index in [0.717, 1.165) is 35.9 Å². The fraction of sp³-hybridized carbons (Fsp3) is 0.500. The van der Waals surface area contributed by atoms with Crippen LogP contribution in [0, 0.1) is 12.3 Å². The van der Waals surface area contributed by atoms with Gasteiger partial charge in [0.25, 0.3) is 0 Å². The van der Waals surface area contributed by atoms with Gasteiger partial charge >= 0.3 is 5.97 Å². The number of benzene rings is 1. The molecular weight excluding hydrogens is 276 g/mol. The Kier molecular flexibility index (Phi) is 2.60. The van der Waals surface area contributed by atoms with Gasteiger partial charge < -0.3 is 15.0 Å². The molecule has 0 radical (unpaired) electrons. The maximum absolute atomic E-state index is 12.2. The van der Waals surface area contributed by atoms with E-state index in [4.69, 9.17) is 10.5 Å². The molecule has 2 N–H and O–H groups in total. The smallest absolute Gasteiger partial charge is 0.340 e. The number of para-hydroxylation sites is 1. The minimum absolute atomic E-state index is 0.0936. The number of fused-ring (bicyclic) bond motifs is 1. The second-order valence-corrected chi connectivity index (χ2v) is 7.27. The number of aromatic nitrogens is 1. The summed E-state index contributed by atoms with van der Waals surface area (Å²) in [5.41, 5.74) is 9.44. The van der Waals surface area contributed by atoms with Gasteiger partial charge in [0.05, 0.1) is 12.7 Å². The van der Waals surface area contributed by atoms with Crippen molar-refractivity contribution >= 4 is 16.9 Å². The topological polar surface area (TPSA) is 57.2 Å². The highest BCUT2D eigenvalue weighted by atomic mass is 16.5. The molecule has 0 spiro atoms. The van der Waals surface area contributed by atoms with Crippen LogP contribution in [0.3, 0.4) is 0 Å². The number of hydrogen-bond acceptors (Lipinski definition) is 3. The molecule has 1 aromatic heterocycles. The van der Waals surface area contributed by atoms with E-state index in [9.17, 15) is 4.79 Å². The number of carbonyl (C=O) groups excluding carboxylic acids is 1. The van der Waals surface area contributed by atoms with Crippen molar-refractivity contribution in [2.24, 2.45) is 11.1 Å². The Balaban J connectivity index is 1.87. The van der Waals surface area contributed by atoms with E-state index < -0.39 is 0 Å². The summed E-state index contributed by atoms with van der Waals surface area (Å²) in [5, 5.41) is 0.979. The Morgan fingerprint density at radius 2 is 1.95 bits per heavy atom. The molecule has 1 heterocycles. The minimum atomic E-state index is -0.257. The van der Waals surface area contributed by atoms with Gasteiger partial charge in [-0.05, 0) is 44.6 Å². The van der Waals surface area contributed by atoms with Crippen LogP contribution in [-0.4, -0.2) is 23.2 Å². The van der Waals surface area contributed by atoms with Gasteiger partial charge in [-0.2, -0.15) is 0 Å². The first-order valence-electron chi connectivity index (χ1n) is 7.88. The van der Waals surface area contributed by atoms with Crippen LogP contribution < -0.4 is 5.73 Å². The maximum atomic E-state index is 12.2. The molecule has 1 aromatic carbocycles. The molecule has 3 aliphatic rings. The zero-order valence-electron chi connectivity index (χ0n) is 13.3. The molecule has 0 saturated heterocycles. The number of hydrogen-bond donors (Lipinski definition) is 1. The summed E-state index contributed by atoms with van der Waals surface area (Å²) in [7, 11) is 1.44. The molecule has 0 unspecified atom stereocenters. The number of esters is 1. The summed E-state index contributed by atoms with van der Waals surface area (Å²) >= 11 is 0. The number of methoxy groups -OCH3 is 1. The van der Waals surface area contributed by atoms with Gasteiger partial charge in [0.2, 0.25) is 0 Å². The average Bonchev–Trinajstić information content (AvgIpc) is 2.73. The number of carbonyl (C=O) groups is 1. The number of rotatable bonds is 3. The highest BCUT2D eigenvalue weighted by molar-refractivity contribution is 6.06. The van der Waals surface area contributed by atoms with Crippen molar-refractivity contribution in [2.75, 3.05) is 7.11 Å². The molecule has 22 heavy (non-hydrogen) atoms. The largest absolute Gasteiger partial charge is 0.465 e. The Morgan fingerprint density at radius 1 is 1.32 bits per heavy atom. The molecule has 2 aromatic rings. The summed E-state index contributed by atoms with van der Waals surface area (Å²) in [5.74, 6) is -0.257. The molecule has 5 rings (SSSR count). The molecule has 3 fully saturated rings. The second-order valence-electron chi connectivity index (χ2n) is 7.27. The van der Waals surface area contributed by atoms with Crippen LogP contribution in [0.25, 0.3) is 10.9 Å². The summed E-state index contributed by atoms with van der Waals surface area (Å²) < 4.78 is 7.32. The lowest BCUT2D eigenvalue weighted by atomic mass is 9.37. The first kappa shape index (κ1) is 13.8. The predicted octanol–water partition coefficient (Wildman–Crippen LogP) is 3.18. The molecule has 3 aliphatic carbocycles. The van der Waals surface area contributed by atoms with Gasteiger partial charge in [-0.1, -0.05) is 18.2 Å². The van der Waals surface area contributed by atoms with Gasteiger partial charge in [0.15, 0.2) is 0 Å². The molecule has 4 heteroatoms. The van der Waals surface area contributed by atoms with Crippen molar-refractivity contribution in [3.05, 3.63) is 35.5 Å². The Morgan fingerprint density at radius 3 is 2.55 bits per heavy atom. The van der Waals surface area contributed by atoms with E-state index in [1.165, 1.54) is 7.11 Å². The zero-order chi connectivity index (χ0) is 15.7. The second kappa shape index (κ2) is 4.13. The predicted molar refractivity (Wildman–Crippen MR) is 85.9 cm³/mol. The van der Waals surface area contributed by atoms with Crippen molar-refractivity contribution in [1.82, 2.24) is 4.57 Å². The lowest BCUT2D eigenvalue weighted by Gasteiger charge is -2.71. The monoisotopic (exact) mass is 298 g/mol. The fourth-order valence-corrected chi connectivity index (χ4v) is 4.92. The van der Waals surface area contributed by atoms with Crippen molar-refractivity contribution < 1.29 is 9.53 Å². The molecule has 0 aliphatic heterocycles. The van der Waals surface area contributed by atoms with Crippen molar-refractivity contribution in [3.63, 3.8) is 0 Å². The average molecular weight is 298 g/mol. The maximum Gasteiger partial charge on any atom is 0.340 e. The van der Waals surface area contributed by atoms with E-state index in [1.807, 2.05) is 25.1 Å². The van der Waals surface area contributed by atoms with E-state index in [0.29, 0.717) is 17.0 Å². The molecular formula is C18H22N2O2. The molecule has 3 saturated carbocycles. The van der Waals surface area contributed by atoms with Crippen molar-refractivity contribution in [3.8, 4) is 0 Å². The third-order valence-corrected chi connectivity index (χ3v) is 5.93. The van der Waals surface area contributed by atoms with Gasteiger partial charge in [-0.3, -0.25) is 0 Å². The molecule has 2 bridgehead atoms. The number of ether oxygens (including phenoxy) is 1. The Labute approximate surface area is 130 Å². The Bertz CT molecular complexity index is 770. The van der Waals surface area contributed by atoms with Crippen LogP contribution >= 0.6 is 0 Å². The highest BCUT2D eigenvalue weighted by Gasteiger charge is 2.68. The third kappa shape index (κ3) is 1.53. The van der Waals surface area contributed by atoms with Crippen LogP contribution in [0.4, 0.5) is 0 Å². The van der Waals surface area contributed by atoms with Crippen LogP contribution in [0.1, 0.15) is 48.3 Å². The fourth-order valence-electron chi connectivity index (χ4n) is 4.92. The third-order valence-electron chi connectivity index (χ3n) is 5.93. The van der Waals surface area contributed by atoms with Crippen molar-refractivity contribution in [2.45, 2.75) is 44.7 Å². The molecule has 0 amide bonds. The number of nitrogens with zero attached hydrogens (tertiary/aromatic N) is 1. The van der Waals surface area contributed by atoms with Gasteiger partial charge in [-0.15, -0.1) is 0 Å². The quantitative estimate of drug-likeness (QED) is 0.885. The van der Waals surface area contributed by atoms with E-state index >= 15 is 0 Å². The van der Waals surface area contributed by atoms with Gasteiger partial charge in [-0.25, -0.2) is 4.79 Å². The van der Waals surface area contributed by atoms with Gasteiger partial charge in [0, 0.05) is 28.2 Å². The van der Waals surface area contributed by atoms with E-state index in [-0.39, 0.29) is 11.5 Å². The Hall–Kier alpha value is -1.81. The van der Waals surface area contributed by atoms with Crippen LogP contribution in [0.2, 0.25) is 0 Å². The van der Waals surface area contributed by atoms with E-state index in [1.54, 1.807) is 0 Å². The first-order chi connectivity index (χ1) is 10.4. The molecule has 1 atom stereocenters. The summed E-state index contributed by atoms with van der Waals surface area (Å²) in [6.45, 7) is 4.28. The van der Waals surface area contributed by atoms with Gasteiger partial charge in [0.1, 0.15) is 0 Å². The molecule has 116 valence electrons. The lowest BCUT2D eigenvalue weighted by molar-refractivity contribution is -0.161. The summed E-state index contributed by atoms with van der Waals surface area (Å²) in [4.78, 5) is 12.2. The van der Waals surface area contributed by atoms with Crippen LogP contribution in [0.5, 0.6) is 0 Å². The summed E-state index contributed by atoms with van der Waals surface area (Å²) in [6.07, 6.45) is 3.29. The normalized spacial score (nSPS) is 30.5. The SMILES string of the molecule is COC(=O)c1c(C)n([C@H](C)C23CC(N)(C2)C3)c2ccccc12.